The maximum absolute atomic E-state index is 12.1. The van der Waals surface area contributed by atoms with Crippen LogP contribution in [0, 0.1) is 25.7 Å². The van der Waals surface area contributed by atoms with Crippen molar-refractivity contribution >= 4 is 22.9 Å². The minimum absolute atomic E-state index is 0.0730. The van der Waals surface area contributed by atoms with E-state index in [4.69, 9.17) is 11.5 Å². The minimum Gasteiger partial charge on any atom is -0.508 e. The Hall–Kier alpha value is -4.38. The molecule has 0 aliphatic carbocycles. The molecule has 0 aliphatic rings. The molecule has 1 amide bonds. The number of phenolic OH excluding ortho intramolecular Hbond substituents is 1. The van der Waals surface area contributed by atoms with Gasteiger partial charge in [-0.15, -0.1) is 0 Å². The van der Waals surface area contributed by atoms with Crippen LogP contribution in [0.4, 0.5) is 5.82 Å². The molecular weight excluding hydrogens is 380 g/mol. The third-order valence-electron chi connectivity index (χ3n) is 4.76. The highest BCUT2D eigenvalue weighted by Gasteiger charge is 2.24. The largest absolute Gasteiger partial charge is 0.508 e. The molecule has 0 spiro atoms. The van der Waals surface area contributed by atoms with E-state index in [1.54, 1.807) is 42.0 Å². The molecule has 8 heteroatoms. The van der Waals surface area contributed by atoms with Gasteiger partial charge in [-0.05, 0) is 49.5 Å². The van der Waals surface area contributed by atoms with Gasteiger partial charge in [0, 0.05) is 11.8 Å². The molecule has 0 saturated heterocycles. The molecule has 30 heavy (non-hydrogen) atoms. The summed E-state index contributed by atoms with van der Waals surface area (Å²) in [5.41, 5.74) is 15.5. The lowest BCUT2D eigenvalue weighted by atomic mass is 10.1. The van der Waals surface area contributed by atoms with Gasteiger partial charge in [0.15, 0.2) is 5.65 Å². The molecule has 148 valence electrons. The number of aryl methyl sites for hydroxylation is 1. The highest BCUT2D eigenvalue weighted by molar-refractivity contribution is 6.09. The summed E-state index contributed by atoms with van der Waals surface area (Å²) < 4.78 is 1.58. The van der Waals surface area contributed by atoms with Gasteiger partial charge in [0.25, 0.3) is 5.91 Å². The van der Waals surface area contributed by atoms with Crippen molar-refractivity contribution in [3.63, 3.8) is 0 Å². The molecule has 3 heterocycles. The van der Waals surface area contributed by atoms with Crippen LogP contribution in [0.5, 0.6) is 5.75 Å². The predicted octanol–water partition coefficient (Wildman–Crippen LogP) is 2.22. The molecule has 4 rings (SSSR count). The zero-order valence-electron chi connectivity index (χ0n) is 16.3. The number of anilines is 1. The molecule has 5 N–H and O–H groups in total. The average molecular weight is 398 g/mol. The van der Waals surface area contributed by atoms with Crippen LogP contribution >= 0.6 is 0 Å². The third kappa shape index (κ3) is 3.08. The summed E-state index contributed by atoms with van der Waals surface area (Å²) >= 11 is 0. The number of nitrogens with zero attached hydrogens (tertiary/aromatic N) is 4. The molecule has 8 nitrogen and oxygen atoms in total. The van der Waals surface area contributed by atoms with Crippen LogP contribution in [-0.4, -0.2) is 30.5 Å². The first kappa shape index (κ1) is 19.0. The number of hydrogen-bond donors (Lipinski definition) is 3. The van der Waals surface area contributed by atoms with E-state index in [0.29, 0.717) is 28.3 Å². The maximum Gasteiger partial charge on any atom is 0.254 e. The Labute approximate surface area is 172 Å². The van der Waals surface area contributed by atoms with Gasteiger partial charge in [-0.3, -0.25) is 9.36 Å². The summed E-state index contributed by atoms with van der Waals surface area (Å²) in [5.74, 6) is 5.33. The van der Waals surface area contributed by atoms with Crippen LogP contribution in [0.15, 0.2) is 42.7 Å². The number of nitrogens with two attached hydrogens (primary N) is 2. The van der Waals surface area contributed by atoms with Crippen molar-refractivity contribution in [2.24, 2.45) is 5.73 Å². The number of amides is 1. The molecule has 1 aromatic carbocycles. The second-order valence-corrected chi connectivity index (χ2v) is 6.73. The van der Waals surface area contributed by atoms with E-state index < -0.39 is 5.91 Å². The van der Waals surface area contributed by atoms with E-state index in [-0.39, 0.29) is 22.6 Å². The molecule has 0 unspecified atom stereocenters. The molecule has 0 bridgehead atoms. The Bertz CT molecular complexity index is 1360. The first-order valence-electron chi connectivity index (χ1n) is 9.07. The van der Waals surface area contributed by atoms with Crippen molar-refractivity contribution in [2.45, 2.75) is 13.8 Å². The smallest absolute Gasteiger partial charge is 0.254 e. The molecular formula is C22H18N6O2. The molecule has 0 aliphatic heterocycles. The van der Waals surface area contributed by atoms with Gasteiger partial charge >= 0.3 is 0 Å². The number of rotatable bonds is 2. The van der Waals surface area contributed by atoms with Gasteiger partial charge in [0.2, 0.25) is 0 Å². The number of carbonyl (C=O) groups is 1. The molecule has 0 radical (unpaired) electrons. The normalized spacial score (nSPS) is 10.6. The molecule has 4 aromatic rings. The summed E-state index contributed by atoms with van der Waals surface area (Å²) in [6, 6.07) is 8.78. The minimum atomic E-state index is -0.715. The Kier molecular flexibility index (Phi) is 4.56. The van der Waals surface area contributed by atoms with Crippen molar-refractivity contribution in [1.29, 1.82) is 0 Å². The lowest BCUT2D eigenvalue weighted by Crippen LogP contribution is -2.14. The highest BCUT2D eigenvalue weighted by Crippen LogP contribution is 2.34. The van der Waals surface area contributed by atoms with Crippen LogP contribution in [-0.2, 0) is 0 Å². The molecule has 0 atom stereocenters. The quantitative estimate of drug-likeness (QED) is 0.444. The summed E-state index contributed by atoms with van der Waals surface area (Å²) in [6.07, 6.45) is 3.11. The first-order chi connectivity index (χ1) is 14.4. The lowest BCUT2D eigenvalue weighted by molar-refractivity contribution is 0.100. The third-order valence-corrected chi connectivity index (χ3v) is 4.76. The molecule has 0 saturated carbocycles. The van der Waals surface area contributed by atoms with Crippen molar-refractivity contribution in [3.05, 3.63) is 70.8 Å². The second-order valence-electron chi connectivity index (χ2n) is 6.73. The van der Waals surface area contributed by atoms with E-state index in [1.165, 1.54) is 6.20 Å². The number of aromatic hydroxyl groups is 1. The van der Waals surface area contributed by atoms with Gasteiger partial charge < -0.3 is 16.6 Å². The van der Waals surface area contributed by atoms with Crippen LogP contribution in [0.25, 0.3) is 16.9 Å². The summed E-state index contributed by atoms with van der Waals surface area (Å²) in [4.78, 5) is 25.2. The lowest BCUT2D eigenvalue weighted by Gasteiger charge is -2.15. The first-order valence-corrected chi connectivity index (χ1v) is 9.07. The van der Waals surface area contributed by atoms with Gasteiger partial charge in [-0.25, -0.2) is 15.0 Å². The SMILES string of the molecule is Cc1ccc(O)c(C)c1-n1c(N)c(C(N)=O)c2ncc(C#Cc3ccccn3)nc21. The van der Waals surface area contributed by atoms with Crippen LogP contribution in [0.1, 0.15) is 32.9 Å². The predicted molar refractivity (Wildman–Crippen MR) is 113 cm³/mol. The fraction of sp³-hybridized carbons (Fsp3) is 0.0909. The highest BCUT2D eigenvalue weighted by atomic mass is 16.3. The fourth-order valence-corrected chi connectivity index (χ4v) is 3.32. The number of primary amides is 1. The number of phenols is 1. The molecule has 3 aromatic heterocycles. The van der Waals surface area contributed by atoms with Crippen LogP contribution in [0.3, 0.4) is 0 Å². The van der Waals surface area contributed by atoms with Gasteiger partial charge in [0.1, 0.15) is 34.0 Å². The number of aromatic nitrogens is 4. The fourth-order valence-electron chi connectivity index (χ4n) is 3.32. The van der Waals surface area contributed by atoms with E-state index in [2.05, 4.69) is 26.8 Å². The zero-order valence-corrected chi connectivity index (χ0v) is 16.3. The Morgan fingerprint density at radius 2 is 1.87 bits per heavy atom. The molecule has 0 fully saturated rings. The number of fused-ring (bicyclic) bond motifs is 1. The van der Waals surface area contributed by atoms with E-state index in [0.717, 1.165) is 5.56 Å². The topological polar surface area (TPSA) is 133 Å². The number of pyridine rings is 1. The monoisotopic (exact) mass is 398 g/mol. The Morgan fingerprint density at radius 1 is 1.10 bits per heavy atom. The average Bonchev–Trinajstić information content (AvgIpc) is 3.02. The summed E-state index contributed by atoms with van der Waals surface area (Å²) in [7, 11) is 0. The second kappa shape index (κ2) is 7.22. The van der Waals surface area contributed by atoms with Gasteiger partial charge in [-0.1, -0.05) is 12.1 Å². The van der Waals surface area contributed by atoms with E-state index in [1.807, 2.05) is 13.0 Å². The number of hydrogen-bond acceptors (Lipinski definition) is 6. The maximum atomic E-state index is 12.1. The zero-order chi connectivity index (χ0) is 21.4. The number of carbonyl (C=O) groups excluding carboxylic acids is 1. The summed E-state index contributed by atoms with van der Waals surface area (Å²) in [5, 5.41) is 10.2. The van der Waals surface area contributed by atoms with Crippen molar-refractivity contribution in [2.75, 3.05) is 5.73 Å². The van der Waals surface area contributed by atoms with Crippen LogP contribution < -0.4 is 11.5 Å². The Morgan fingerprint density at radius 3 is 2.57 bits per heavy atom. The number of nitrogen functional groups attached to an aromatic ring is 1. The van der Waals surface area contributed by atoms with Gasteiger partial charge in [0.05, 0.1) is 11.9 Å². The van der Waals surface area contributed by atoms with E-state index in [9.17, 15) is 9.90 Å². The van der Waals surface area contributed by atoms with Crippen molar-refractivity contribution < 1.29 is 9.90 Å². The van der Waals surface area contributed by atoms with E-state index >= 15 is 0 Å². The van der Waals surface area contributed by atoms with Gasteiger partial charge in [-0.2, -0.15) is 0 Å². The van der Waals surface area contributed by atoms with Crippen molar-refractivity contribution in [1.82, 2.24) is 19.5 Å². The number of benzene rings is 1. The Balaban J connectivity index is 2.01. The summed E-state index contributed by atoms with van der Waals surface area (Å²) in [6.45, 7) is 3.63. The standard InChI is InChI=1S/C22H18N6O2/c1-12-6-9-16(29)13(2)19(12)28-20(23)17(21(24)30)18-22(28)27-15(11-26-18)8-7-14-5-3-4-10-25-14/h3-6,9-11,29H,23H2,1-2H3,(H2,24,30). The van der Waals surface area contributed by atoms with Crippen LogP contribution in [0.2, 0.25) is 0 Å². The van der Waals surface area contributed by atoms with Crippen molar-refractivity contribution in [3.8, 4) is 23.3 Å².